The Hall–Kier alpha value is -3.59. The molecule has 0 amide bonds. The highest BCUT2D eigenvalue weighted by molar-refractivity contribution is 7.86. The van der Waals surface area contributed by atoms with E-state index in [0.29, 0.717) is 0 Å². The first-order valence-electron chi connectivity index (χ1n) is 13.0. The third-order valence-electron chi connectivity index (χ3n) is 6.98. The summed E-state index contributed by atoms with van der Waals surface area (Å²) in [7, 11) is -4.02. The van der Waals surface area contributed by atoms with E-state index in [2.05, 4.69) is 0 Å². The van der Waals surface area contributed by atoms with Crippen LogP contribution in [0.5, 0.6) is 0 Å². The molecule has 0 aliphatic carbocycles. The fourth-order valence-corrected chi connectivity index (χ4v) is 6.45. The van der Waals surface area contributed by atoms with Crippen LogP contribution >= 0.6 is 0 Å². The molecule has 200 valence electrons. The van der Waals surface area contributed by atoms with Crippen molar-refractivity contribution in [2.24, 2.45) is 0 Å². The lowest BCUT2D eigenvalue weighted by atomic mass is 10.00. The Balaban J connectivity index is 1.45. The Labute approximate surface area is 230 Å². The van der Waals surface area contributed by atoms with Crippen molar-refractivity contribution in [3.63, 3.8) is 0 Å². The Morgan fingerprint density at radius 1 is 0.641 bits per heavy atom. The van der Waals surface area contributed by atoms with Crippen molar-refractivity contribution in [3.8, 4) is 11.1 Å². The molecule has 0 saturated carbocycles. The summed E-state index contributed by atoms with van der Waals surface area (Å²) < 4.78 is 30.5. The molecular weight excluding hydrogens is 508 g/mol. The highest BCUT2D eigenvalue weighted by Crippen LogP contribution is 2.28. The van der Waals surface area contributed by atoms with Gasteiger partial charge in [-0.15, -0.1) is 0 Å². The molecule has 0 radical (unpaired) electrons. The van der Waals surface area contributed by atoms with Crippen LogP contribution in [0.25, 0.3) is 23.3 Å². The summed E-state index contributed by atoms with van der Waals surface area (Å²) >= 11 is 0. The number of β-amino-alcohol motifs (C(OH)–C–C–N with tert-alkyl or cyclic N) is 2. The van der Waals surface area contributed by atoms with Crippen LogP contribution in [0, 0.1) is 0 Å². The molecule has 1 aliphatic rings. The van der Waals surface area contributed by atoms with Crippen LogP contribution in [0.1, 0.15) is 22.3 Å². The van der Waals surface area contributed by atoms with Crippen LogP contribution in [0.15, 0.2) is 109 Å². The molecule has 2 N–H and O–H groups in total. The van der Waals surface area contributed by atoms with Gasteiger partial charge in [0.2, 0.25) is 0 Å². The van der Waals surface area contributed by atoms with Crippen molar-refractivity contribution < 1.29 is 18.6 Å². The number of benzene rings is 4. The predicted octanol–water partition coefficient (Wildman–Crippen LogP) is 4.81. The fraction of sp³-hybridized carbons (Fsp3) is 0.188. The first-order valence-corrected chi connectivity index (χ1v) is 14.4. The van der Waals surface area contributed by atoms with Gasteiger partial charge in [-0.2, -0.15) is 17.0 Å². The van der Waals surface area contributed by atoms with E-state index in [1.54, 1.807) is 0 Å². The van der Waals surface area contributed by atoms with E-state index in [0.717, 1.165) is 33.4 Å². The zero-order chi connectivity index (χ0) is 27.2. The van der Waals surface area contributed by atoms with E-state index in [1.165, 1.54) is 8.61 Å². The zero-order valence-electron chi connectivity index (χ0n) is 21.5. The molecule has 1 heterocycles. The van der Waals surface area contributed by atoms with Gasteiger partial charge in [0.05, 0.1) is 12.2 Å². The molecule has 4 aromatic carbocycles. The minimum Gasteiger partial charge on any atom is -0.389 e. The largest absolute Gasteiger partial charge is 0.389 e. The SMILES string of the molecule is O=S1(=O)N(Cc2ccccc2/C=C/c2ccccc2)C[C@H](O)[C@@H](O)CN1Cc1ccccc1-c1ccccc1. The maximum atomic E-state index is 14.0. The molecule has 0 bridgehead atoms. The van der Waals surface area contributed by atoms with E-state index in [1.807, 2.05) is 121 Å². The van der Waals surface area contributed by atoms with Crippen molar-refractivity contribution >= 4 is 22.4 Å². The van der Waals surface area contributed by atoms with E-state index in [4.69, 9.17) is 0 Å². The van der Waals surface area contributed by atoms with Gasteiger partial charge in [0.1, 0.15) is 0 Å². The Bertz CT molecular complexity index is 1520. The molecule has 6 nitrogen and oxygen atoms in total. The third kappa shape index (κ3) is 6.36. The second-order valence-corrected chi connectivity index (χ2v) is 11.6. The minimum atomic E-state index is -4.02. The van der Waals surface area contributed by atoms with Gasteiger partial charge >= 0.3 is 0 Å². The maximum absolute atomic E-state index is 14.0. The van der Waals surface area contributed by atoms with E-state index in [-0.39, 0.29) is 26.2 Å². The zero-order valence-corrected chi connectivity index (χ0v) is 22.4. The first-order chi connectivity index (χ1) is 18.9. The highest BCUT2D eigenvalue weighted by Gasteiger charge is 2.39. The molecule has 39 heavy (non-hydrogen) atoms. The lowest BCUT2D eigenvalue weighted by molar-refractivity contribution is 0.00889. The van der Waals surface area contributed by atoms with E-state index < -0.39 is 22.4 Å². The smallest absolute Gasteiger partial charge is 0.282 e. The van der Waals surface area contributed by atoms with Gasteiger partial charge in [0, 0.05) is 26.2 Å². The molecule has 1 aliphatic heterocycles. The predicted molar refractivity (Wildman–Crippen MR) is 155 cm³/mol. The van der Waals surface area contributed by atoms with Gasteiger partial charge in [0.25, 0.3) is 10.2 Å². The third-order valence-corrected chi connectivity index (χ3v) is 8.85. The average Bonchev–Trinajstić information content (AvgIpc) is 3.04. The normalized spacial score (nSPS) is 20.2. The molecule has 2 atom stereocenters. The maximum Gasteiger partial charge on any atom is 0.282 e. The number of rotatable bonds is 7. The van der Waals surface area contributed by atoms with Gasteiger partial charge in [-0.05, 0) is 33.4 Å². The topological polar surface area (TPSA) is 81.1 Å². The quantitative estimate of drug-likeness (QED) is 0.330. The van der Waals surface area contributed by atoms with Gasteiger partial charge in [-0.25, -0.2) is 0 Å². The van der Waals surface area contributed by atoms with Crippen molar-refractivity contribution in [1.29, 1.82) is 0 Å². The first kappa shape index (κ1) is 27.0. The Morgan fingerprint density at radius 2 is 1.15 bits per heavy atom. The summed E-state index contributed by atoms with van der Waals surface area (Å²) in [6.45, 7) is -0.253. The summed E-state index contributed by atoms with van der Waals surface area (Å²) in [5.41, 5.74) is 5.46. The standard InChI is InChI=1S/C32H32N2O4S/c35-31-23-33(21-28-16-8-7-13-26(28)20-19-25-11-3-1-4-12-25)39(37,38)34(24-32(31)36)22-29-17-9-10-18-30(29)27-14-5-2-6-15-27/h1-20,31-32,35-36H,21-24H2/b20-19+/t31-,32-/m0/s1. The summed E-state index contributed by atoms with van der Waals surface area (Å²) in [6.07, 6.45) is 1.54. The van der Waals surface area contributed by atoms with Crippen LogP contribution < -0.4 is 0 Å². The fourth-order valence-electron chi connectivity index (χ4n) is 4.83. The Morgan fingerprint density at radius 3 is 1.82 bits per heavy atom. The molecule has 4 aromatic rings. The molecule has 5 rings (SSSR count). The second kappa shape index (κ2) is 12.1. The molecule has 1 fully saturated rings. The molecule has 1 saturated heterocycles. The number of aliphatic hydroxyl groups excluding tert-OH is 2. The van der Waals surface area contributed by atoms with Gasteiger partial charge in [0.15, 0.2) is 0 Å². The summed E-state index contributed by atoms with van der Waals surface area (Å²) in [4.78, 5) is 0. The minimum absolute atomic E-state index is 0.0677. The average molecular weight is 541 g/mol. The van der Waals surface area contributed by atoms with Gasteiger partial charge in [-0.3, -0.25) is 0 Å². The molecule has 7 heteroatoms. The summed E-state index contributed by atoms with van der Waals surface area (Å²) in [6, 6.07) is 35.0. The number of nitrogens with zero attached hydrogens (tertiary/aromatic N) is 2. The van der Waals surface area contributed by atoms with Crippen LogP contribution in [-0.2, 0) is 23.3 Å². The van der Waals surface area contributed by atoms with Crippen molar-refractivity contribution in [2.45, 2.75) is 25.3 Å². The van der Waals surface area contributed by atoms with Gasteiger partial charge in [-0.1, -0.05) is 121 Å². The molecule has 0 unspecified atom stereocenters. The van der Waals surface area contributed by atoms with Crippen molar-refractivity contribution in [1.82, 2.24) is 8.61 Å². The molecule has 0 aromatic heterocycles. The van der Waals surface area contributed by atoms with E-state index in [9.17, 15) is 18.6 Å². The van der Waals surface area contributed by atoms with Gasteiger partial charge < -0.3 is 10.2 Å². The van der Waals surface area contributed by atoms with Crippen LogP contribution in [0.4, 0.5) is 0 Å². The monoisotopic (exact) mass is 540 g/mol. The summed E-state index contributed by atoms with van der Waals surface area (Å²) in [5, 5.41) is 21.4. The lowest BCUT2D eigenvalue weighted by Crippen LogP contribution is -2.42. The highest BCUT2D eigenvalue weighted by atomic mass is 32.2. The van der Waals surface area contributed by atoms with Crippen molar-refractivity contribution in [2.75, 3.05) is 13.1 Å². The molecular formula is C32H32N2O4S. The molecule has 0 spiro atoms. The van der Waals surface area contributed by atoms with Crippen molar-refractivity contribution in [3.05, 3.63) is 131 Å². The second-order valence-electron chi connectivity index (χ2n) is 9.69. The summed E-state index contributed by atoms with van der Waals surface area (Å²) in [5.74, 6) is 0. The number of hydrogen-bond donors (Lipinski definition) is 2. The van der Waals surface area contributed by atoms with Crippen LogP contribution in [0.2, 0.25) is 0 Å². The Kier molecular flexibility index (Phi) is 8.35. The number of hydrogen-bond acceptors (Lipinski definition) is 4. The lowest BCUT2D eigenvalue weighted by Gasteiger charge is -2.28. The van der Waals surface area contributed by atoms with Crippen LogP contribution in [0.3, 0.4) is 0 Å². The number of aliphatic hydroxyl groups is 2. The van der Waals surface area contributed by atoms with Crippen LogP contribution in [-0.4, -0.2) is 52.5 Å². The van der Waals surface area contributed by atoms with E-state index >= 15 is 0 Å².